The van der Waals surface area contributed by atoms with E-state index >= 15 is 0 Å². The summed E-state index contributed by atoms with van der Waals surface area (Å²) in [6, 6.07) is 8.96. The number of nitrogens with zero attached hydrogens (tertiary/aromatic N) is 1. The van der Waals surface area contributed by atoms with Crippen LogP contribution in [0.1, 0.15) is 0 Å². The Morgan fingerprint density at radius 1 is 1.20 bits per heavy atom. The van der Waals surface area contributed by atoms with Crippen molar-refractivity contribution in [1.82, 2.24) is 4.31 Å². The molecular weight excluding hydrogens is 212 g/mol. The molecule has 2 rings (SSSR count). The molecule has 1 aliphatic rings. The fourth-order valence-corrected chi connectivity index (χ4v) is 3.05. The highest BCUT2D eigenvalue weighted by atomic mass is 32.2. The number of benzene rings is 1. The van der Waals surface area contributed by atoms with Gasteiger partial charge < -0.3 is 4.74 Å². The average Bonchev–Trinajstić information content (AvgIpc) is 2.31. The first kappa shape index (κ1) is 10.6. The molecule has 1 aliphatic heterocycles. The Balaban J connectivity index is 2.26. The highest BCUT2D eigenvalue weighted by Crippen LogP contribution is 2.16. The lowest BCUT2D eigenvalue weighted by Crippen LogP contribution is -2.39. The van der Waals surface area contributed by atoms with Crippen LogP contribution in [0.2, 0.25) is 0 Å². The van der Waals surface area contributed by atoms with Crippen molar-refractivity contribution in [3.63, 3.8) is 0 Å². The molecule has 15 heavy (non-hydrogen) atoms. The van der Waals surface area contributed by atoms with Crippen molar-refractivity contribution in [2.45, 2.75) is 4.90 Å². The first-order chi connectivity index (χ1) is 7.21. The number of hydrogen-bond acceptors (Lipinski definition) is 3. The van der Waals surface area contributed by atoms with Gasteiger partial charge in [0.2, 0.25) is 0 Å². The van der Waals surface area contributed by atoms with Crippen molar-refractivity contribution in [2.75, 3.05) is 26.3 Å². The van der Waals surface area contributed by atoms with Crippen LogP contribution in [-0.2, 0) is 14.7 Å². The smallest absolute Gasteiger partial charge is 0.137 e. The van der Waals surface area contributed by atoms with E-state index in [1.54, 1.807) is 16.4 Å². The van der Waals surface area contributed by atoms with Gasteiger partial charge in [-0.15, -0.1) is 0 Å². The van der Waals surface area contributed by atoms with Crippen LogP contribution >= 0.6 is 0 Å². The molecule has 82 valence electrons. The van der Waals surface area contributed by atoms with Gasteiger partial charge in [-0.2, -0.15) is 0 Å². The molecule has 1 fully saturated rings. The van der Waals surface area contributed by atoms with Crippen molar-refractivity contribution in [2.24, 2.45) is 0 Å². The molecule has 1 N–H and O–H groups in total. The molecule has 4 nitrogen and oxygen atoms in total. The number of nitrogens with one attached hydrogen (secondary N) is 1. The lowest BCUT2D eigenvalue weighted by molar-refractivity contribution is 0.0743. The minimum Gasteiger partial charge on any atom is -0.379 e. The highest BCUT2D eigenvalue weighted by molar-refractivity contribution is 7.90. The minimum atomic E-state index is -2.81. The third kappa shape index (κ3) is 2.19. The first-order valence-electron chi connectivity index (χ1n) is 4.88. The van der Waals surface area contributed by atoms with Crippen LogP contribution in [0.15, 0.2) is 35.2 Å². The summed E-state index contributed by atoms with van der Waals surface area (Å²) >= 11 is 0. The summed E-state index contributed by atoms with van der Waals surface area (Å²) < 4.78 is 27.1. The minimum absolute atomic E-state index is 0.558. The SMILES string of the molecule is N=S(=O)(c1ccccc1)N1CCOCC1. The Morgan fingerprint density at radius 2 is 1.80 bits per heavy atom. The lowest BCUT2D eigenvalue weighted by atomic mass is 10.4. The fourth-order valence-electron chi connectivity index (χ4n) is 1.56. The Bertz CT molecular complexity index is 410. The average molecular weight is 226 g/mol. The van der Waals surface area contributed by atoms with Gasteiger partial charge in [0, 0.05) is 13.1 Å². The predicted molar refractivity (Wildman–Crippen MR) is 58.0 cm³/mol. The van der Waals surface area contributed by atoms with Gasteiger partial charge in [0.15, 0.2) is 0 Å². The molecule has 0 aliphatic carbocycles. The van der Waals surface area contributed by atoms with Crippen LogP contribution in [0.25, 0.3) is 0 Å². The summed E-state index contributed by atoms with van der Waals surface area (Å²) in [6.45, 7) is 2.25. The third-order valence-corrected chi connectivity index (χ3v) is 4.40. The maximum atomic E-state index is 12.3. The maximum Gasteiger partial charge on any atom is 0.137 e. The molecule has 0 aromatic heterocycles. The summed E-state index contributed by atoms with van der Waals surface area (Å²) in [5.41, 5.74) is 0. The van der Waals surface area contributed by atoms with Gasteiger partial charge >= 0.3 is 0 Å². The molecule has 1 atom stereocenters. The number of hydrogen-bond donors (Lipinski definition) is 1. The topological polar surface area (TPSA) is 53.4 Å². The molecule has 1 aromatic rings. The second kappa shape index (κ2) is 4.30. The van der Waals surface area contributed by atoms with Gasteiger partial charge in [-0.3, -0.25) is 0 Å². The molecule has 0 bridgehead atoms. The van der Waals surface area contributed by atoms with Crippen molar-refractivity contribution in [3.05, 3.63) is 30.3 Å². The monoisotopic (exact) mass is 226 g/mol. The van der Waals surface area contributed by atoms with Gasteiger partial charge in [0.25, 0.3) is 0 Å². The summed E-state index contributed by atoms with van der Waals surface area (Å²) in [6.07, 6.45) is 0. The van der Waals surface area contributed by atoms with E-state index in [9.17, 15) is 4.21 Å². The third-order valence-electron chi connectivity index (χ3n) is 2.40. The zero-order valence-corrected chi connectivity index (χ0v) is 9.20. The Morgan fingerprint density at radius 3 is 2.40 bits per heavy atom. The normalized spacial score (nSPS) is 22.1. The highest BCUT2D eigenvalue weighted by Gasteiger charge is 2.22. The molecule has 1 unspecified atom stereocenters. The second-order valence-corrected chi connectivity index (χ2v) is 5.42. The van der Waals surface area contributed by atoms with Crippen LogP contribution in [0.3, 0.4) is 0 Å². The summed E-state index contributed by atoms with van der Waals surface area (Å²) in [5, 5.41) is 0. The molecule has 1 heterocycles. The van der Waals surface area contributed by atoms with Crippen LogP contribution in [0, 0.1) is 4.78 Å². The van der Waals surface area contributed by atoms with Crippen LogP contribution < -0.4 is 0 Å². The maximum absolute atomic E-state index is 12.3. The van der Waals surface area contributed by atoms with Crippen LogP contribution in [-0.4, -0.2) is 34.8 Å². The van der Waals surface area contributed by atoms with Gasteiger partial charge in [0.05, 0.1) is 18.1 Å². The van der Waals surface area contributed by atoms with Gasteiger partial charge in [-0.1, -0.05) is 18.2 Å². The van der Waals surface area contributed by atoms with Gasteiger partial charge in [0.1, 0.15) is 9.92 Å². The summed E-state index contributed by atoms with van der Waals surface area (Å²) in [5.74, 6) is 0. The molecule has 5 heteroatoms. The molecular formula is C10H14N2O2S. The Kier molecular flexibility index (Phi) is 3.04. The van der Waals surface area contributed by atoms with Gasteiger partial charge in [-0.05, 0) is 12.1 Å². The van der Waals surface area contributed by atoms with E-state index in [-0.39, 0.29) is 0 Å². The van der Waals surface area contributed by atoms with Gasteiger partial charge in [-0.25, -0.2) is 13.3 Å². The molecule has 0 radical (unpaired) electrons. The molecule has 1 saturated heterocycles. The van der Waals surface area contributed by atoms with Crippen LogP contribution in [0.4, 0.5) is 0 Å². The van der Waals surface area contributed by atoms with Crippen molar-refractivity contribution in [1.29, 1.82) is 4.78 Å². The zero-order chi connectivity index (χ0) is 10.7. The number of rotatable bonds is 2. The standard InChI is InChI=1S/C10H14N2O2S/c11-15(13,10-4-2-1-3-5-10)12-6-8-14-9-7-12/h1-5,11H,6-9H2. The van der Waals surface area contributed by atoms with Crippen molar-refractivity contribution < 1.29 is 8.95 Å². The Labute approximate surface area is 90.0 Å². The number of morpholine rings is 1. The van der Waals surface area contributed by atoms with E-state index in [1.807, 2.05) is 18.2 Å². The van der Waals surface area contributed by atoms with Crippen molar-refractivity contribution in [3.8, 4) is 0 Å². The fraction of sp³-hybridized carbons (Fsp3) is 0.400. The molecule has 0 spiro atoms. The van der Waals surface area contributed by atoms with Crippen LogP contribution in [0.5, 0.6) is 0 Å². The van der Waals surface area contributed by atoms with E-state index in [1.165, 1.54) is 0 Å². The zero-order valence-electron chi connectivity index (χ0n) is 8.39. The summed E-state index contributed by atoms with van der Waals surface area (Å²) in [7, 11) is -2.81. The molecule has 0 saturated carbocycles. The van der Waals surface area contributed by atoms with E-state index in [0.717, 1.165) is 0 Å². The van der Waals surface area contributed by atoms with E-state index < -0.39 is 9.92 Å². The van der Waals surface area contributed by atoms with E-state index in [4.69, 9.17) is 9.52 Å². The van der Waals surface area contributed by atoms with E-state index in [2.05, 4.69) is 0 Å². The van der Waals surface area contributed by atoms with Crippen molar-refractivity contribution >= 4 is 9.92 Å². The predicted octanol–water partition coefficient (Wildman–Crippen LogP) is 1.34. The first-order valence-corrected chi connectivity index (χ1v) is 6.39. The van der Waals surface area contributed by atoms with E-state index in [0.29, 0.717) is 31.2 Å². The quantitative estimate of drug-likeness (QED) is 0.827. The Hall–Kier alpha value is -0.910. The second-order valence-electron chi connectivity index (χ2n) is 3.38. The summed E-state index contributed by atoms with van der Waals surface area (Å²) in [4.78, 5) is 0.576. The lowest BCUT2D eigenvalue weighted by Gasteiger charge is -2.28. The molecule has 1 aromatic carbocycles. The largest absolute Gasteiger partial charge is 0.379 e. The number of ether oxygens (including phenoxy) is 1. The molecule has 0 amide bonds.